The third-order valence-electron chi connectivity index (χ3n) is 5.57. The summed E-state index contributed by atoms with van der Waals surface area (Å²) in [5.41, 5.74) is 2.41. The fraction of sp³-hybridized carbons (Fsp3) is 0.417. The lowest BCUT2D eigenvalue weighted by Crippen LogP contribution is -2.37. The van der Waals surface area contributed by atoms with Crippen LogP contribution in [0.4, 0.5) is 10.5 Å². The topological polar surface area (TPSA) is 61.4 Å². The zero-order valence-corrected chi connectivity index (χ0v) is 17.5. The highest BCUT2D eigenvalue weighted by Gasteiger charge is 2.22. The molecule has 1 unspecified atom stereocenters. The van der Waals surface area contributed by atoms with E-state index < -0.39 is 0 Å². The lowest BCUT2D eigenvalue weighted by molar-refractivity contribution is 0.0697. The number of urea groups is 1. The SMILES string of the molecule is CC1CCN(C(=O)c2ccc(NC(=O)NC(c3ccccc3)C(C)C)cc2)CC1. The van der Waals surface area contributed by atoms with E-state index in [0.717, 1.165) is 31.5 Å². The van der Waals surface area contributed by atoms with E-state index >= 15 is 0 Å². The lowest BCUT2D eigenvalue weighted by atomic mass is 9.96. The zero-order chi connectivity index (χ0) is 20.8. The molecule has 0 saturated carbocycles. The maximum absolute atomic E-state index is 12.6. The molecule has 154 valence electrons. The van der Waals surface area contributed by atoms with Crippen molar-refractivity contribution in [3.63, 3.8) is 0 Å². The number of nitrogens with one attached hydrogen (secondary N) is 2. The van der Waals surface area contributed by atoms with Crippen molar-refractivity contribution in [2.75, 3.05) is 18.4 Å². The van der Waals surface area contributed by atoms with Crippen LogP contribution < -0.4 is 10.6 Å². The Bertz CT molecular complexity index is 810. The number of carbonyl (C=O) groups is 2. The molecule has 0 aliphatic carbocycles. The van der Waals surface area contributed by atoms with E-state index in [1.54, 1.807) is 24.3 Å². The van der Waals surface area contributed by atoms with Crippen LogP contribution in [0, 0.1) is 11.8 Å². The first-order valence-electron chi connectivity index (χ1n) is 10.5. The number of rotatable bonds is 5. The van der Waals surface area contributed by atoms with Gasteiger partial charge in [-0.25, -0.2) is 4.79 Å². The van der Waals surface area contributed by atoms with Crippen LogP contribution in [0.1, 0.15) is 55.6 Å². The molecule has 0 spiro atoms. The van der Waals surface area contributed by atoms with Crippen LogP contribution >= 0.6 is 0 Å². The van der Waals surface area contributed by atoms with E-state index in [0.29, 0.717) is 17.2 Å². The number of anilines is 1. The fourth-order valence-corrected chi connectivity index (χ4v) is 3.69. The van der Waals surface area contributed by atoms with Crippen LogP contribution in [-0.4, -0.2) is 29.9 Å². The number of likely N-dealkylation sites (tertiary alicyclic amines) is 1. The summed E-state index contributed by atoms with van der Waals surface area (Å²) in [5.74, 6) is 1.02. The van der Waals surface area contributed by atoms with Gasteiger partial charge < -0.3 is 15.5 Å². The van der Waals surface area contributed by atoms with E-state index in [-0.39, 0.29) is 23.9 Å². The Kier molecular flexibility index (Phi) is 6.91. The van der Waals surface area contributed by atoms with Crippen molar-refractivity contribution in [2.24, 2.45) is 11.8 Å². The number of amides is 3. The van der Waals surface area contributed by atoms with Crippen molar-refractivity contribution < 1.29 is 9.59 Å². The summed E-state index contributed by atoms with van der Waals surface area (Å²) >= 11 is 0. The van der Waals surface area contributed by atoms with Gasteiger partial charge in [0.2, 0.25) is 0 Å². The van der Waals surface area contributed by atoms with E-state index in [2.05, 4.69) is 31.4 Å². The number of nitrogens with zero attached hydrogens (tertiary/aromatic N) is 1. The van der Waals surface area contributed by atoms with Crippen LogP contribution in [0.15, 0.2) is 54.6 Å². The maximum Gasteiger partial charge on any atom is 0.319 e. The smallest absolute Gasteiger partial charge is 0.319 e. The molecule has 0 aromatic heterocycles. The molecule has 0 radical (unpaired) electrons. The monoisotopic (exact) mass is 393 g/mol. The van der Waals surface area contributed by atoms with E-state index in [1.165, 1.54) is 0 Å². The second-order valence-corrected chi connectivity index (χ2v) is 8.28. The van der Waals surface area contributed by atoms with Gasteiger partial charge in [0.25, 0.3) is 5.91 Å². The molecule has 29 heavy (non-hydrogen) atoms. The average molecular weight is 394 g/mol. The number of carbonyl (C=O) groups excluding carboxylic acids is 2. The molecule has 1 heterocycles. The molecule has 1 fully saturated rings. The summed E-state index contributed by atoms with van der Waals surface area (Å²) in [4.78, 5) is 27.1. The molecular formula is C24H31N3O2. The first kappa shape index (κ1) is 20.9. The zero-order valence-electron chi connectivity index (χ0n) is 17.5. The van der Waals surface area contributed by atoms with Gasteiger partial charge in [-0.15, -0.1) is 0 Å². The largest absolute Gasteiger partial charge is 0.339 e. The lowest BCUT2D eigenvalue weighted by Gasteiger charge is -2.30. The molecule has 2 N–H and O–H groups in total. The van der Waals surface area contributed by atoms with Crippen molar-refractivity contribution in [1.82, 2.24) is 10.2 Å². The Morgan fingerprint density at radius 2 is 1.59 bits per heavy atom. The first-order chi connectivity index (χ1) is 13.9. The third kappa shape index (κ3) is 5.59. The summed E-state index contributed by atoms with van der Waals surface area (Å²) in [7, 11) is 0. The highest BCUT2D eigenvalue weighted by molar-refractivity contribution is 5.95. The van der Waals surface area contributed by atoms with Crippen LogP contribution in [0.25, 0.3) is 0 Å². The minimum absolute atomic E-state index is 0.0665. The fourth-order valence-electron chi connectivity index (χ4n) is 3.69. The van der Waals surface area contributed by atoms with Gasteiger partial charge in [-0.05, 0) is 54.5 Å². The molecule has 0 bridgehead atoms. The predicted octanol–water partition coefficient (Wildman–Crippen LogP) is 5.08. The molecule has 5 heteroatoms. The van der Waals surface area contributed by atoms with Crippen LogP contribution in [0.3, 0.4) is 0 Å². The molecule has 1 saturated heterocycles. The Labute approximate surface area is 173 Å². The highest BCUT2D eigenvalue weighted by Crippen LogP contribution is 2.22. The normalized spacial score (nSPS) is 15.8. The minimum Gasteiger partial charge on any atom is -0.339 e. The number of hydrogen-bond donors (Lipinski definition) is 2. The second-order valence-electron chi connectivity index (χ2n) is 8.28. The molecule has 2 aromatic carbocycles. The van der Waals surface area contributed by atoms with Gasteiger partial charge in [-0.1, -0.05) is 51.1 Å². The molecule has 3 rings (SSSR count). The van der Waals surface area contributed by atoms with E-state index in [4.69, 9.17) is 0 Å². The molecule has 1 aliphatic heterocycles. The summed E-state index contributed by atoms with van der Waals surface area (Å²) in [5, 5.41) is 5.92. The van der Waals surface area contributed by atoms with Gasteiger partial charge in [0.05, 0.1) is 6.04 Å². The molecule has 2 aromatic rings. The summed E-state index contributed by atoms with van der Waals surface area (Å²) < 4.78 is 0. The Morgan fingerprint density at radius 3 is 2.17 bits per heavy atom. The van der Waals surface area contributed by atoms with Crippen molar-refractivity contribution >= 4 is 17.6 Å². The van der Waals surface area contributed by atoms with Gasteiger partial charge in [0, 0.05) is 24.3 Å². The predicted molar refractivity (Wildman–Crippen MR) is 117 cm³/mol. The number of hydrogen-bond acceptors (Lipinski definition) is 2. The standard InChI is InChI=1S/C24H31N3O2/c1-17(2)22(19-7-5-4-6-8-19)26-24(29)25-21-11-9-20(10-12-21)23(28)27-15-13-18(3)14-16-27/h4-12,17-18,22H,13-16H2,1-3H3,(H2,25,26,29). The molecule has 5 nitrogen and oxygen atoms in total. The molecular weight excluding hydrogens is 362 g/mol. The summed E-state index contributed by atoms with van der Waals surface area (Å²) in [6.45, 7) is 8.03. The Hall–Kier alpha value is -2.82. The van der Waals surface area contributed by atoms with Gasteiger partial charge in [0.15, 0.2) is 0 Å². The van der Waals surface area contributed by atoms with E-state index in [1.807, 2.05) is 35.2 Å². The van der Waals surface area contributed by atoms with E-state index in [9.17, 15) is 9.59 Å². The van der Waals surface area contributed by atoms with Crippen LogP contribution in [0.2, 0.25) is 0 Å². The Balaban J connectivity index is 1.59. The van der Waals surface area contributed by atoms with Gasteiger partial charge in [0.1, 0.15) is 0 Å². The van der Waals surface area contributed by atoms with Gasteiger partial charge in [-0.2, -0.15) is 0 Å². The summed E-state index contributed by atoms with van der Waals surface area (Å²) in [6, 6.07) is 16.8. The maximum atomic E-state index is 12.6. The van der Waals surface area contributed by atoms with Gasteiger partial charge >= 0.3 is 6.03 Å². The number of piperidine rings is 1. The third-order valence-corrected chi connectivity index (χ3v) is 5.57. The average Bonchev–Trinajstić information content (AvgIpc) is 2.73. The van der Waals surface area contributed by atoms with Crippen molar-refractivity contribution in [1.29, 1.82) is 0 Å². The molecule has 1 atom stereocenters. The second kappa shape index (κ2) is 9.59. The van der Waals surface area contributed by atoms with Crippen LogP contribution in [0.5, 0.6) is 0 Å². The van der Waals surface area contributed by atoms with Crippen molar-refractivity contribution in [3.05, 3.63) is 65.7 Å². The van der Waals surface area contributed by atoms with Crippen LogP contribution in [-0.2, 0) is 0 Å². The minimum atomic E-state index is -0.253. The molecule has 3 amide bonds. The summed E-state index contributed by atoms with van der Waals surface area (Å²) in [6.07, 6.45) is 2.12. The number of benzene rings is 2. The molecule has 1 aliphatic rings. The quantitative estimate of drug-likeness (QED) is 0.744. The van der Waals surface area contributed by atoms with Crippen molar-refractivity contribution in [3.8, 4) is 0 Å². The van der Waals surface area contributed by atoms with Gasteiger partial charge in [-0.3, -0.25) is 4.79 Å². The first-order valence-corrected chi connectivity index (χ1v) is 10.5. The van der Waals surface area contributed by atoms with Crippen molar-refractivity contribution in [2.45, 2.75) is 39.7 Å². The highest BCUT2D eigenvalue weighted by atomic mass is 16.2. The Morgan fingerprint density at radius 1 is 0.966 bits per heavy atom.